The molecule has 5 rings (SSSR count). The van der Waals surface area contributed by atoms with Crippen molar-refractivity contribution in [1.29, 1.82) is 0 Å². The number of esters is 1. The Balaban J connectivity index is 1.44. The monoisotopic (exact) mass is 661 g/mol. The third-order valence-corrected chi connectivity index (χ3v) is 11.4. The third-order valence-electron chi connectivity index (χ3n) is 8.30. The highest BCUT2D eigenvalue weighted by Gasteiger charge is 2.35. The van der Waals surface area contributed by atoms with Crippen LogP contribution in [0.5, 0.6) is 5.75 Å². The number of methoxy groups -OCH3 is 1. The lowest BCUT2D eigenvalue weighted by atomic mass is 9.84. The minimum atomic E-state index is -3.91. The summed E-state index contributed by atoms with van der Waals surface area (Å²) in [4.78, 5) is 26.5. The van der Waals surface area contributed by atoms with Gasteiger partial charge in [-0.25, -0.2) is 8.42 Å². The van der Waals surface area contributed by atoms with Gasteiger partial charge in [0.05, 0.1) is 37.7 Å². The summed E-state index contributed by atoms with van der Waals surface area (Å²) < 4.78 is 46.9. The van der Waals surface area contributed by atoms with Crippen molar-refractivity contribution >= 4 is 33.1 Å². The van der Waals surface area contributed by atoms with Gasteiger partial charge < -0.3 is 14.2 Å². The van der Waals surface area contributed by atoms with E-state index in [0.29, 0.717) is 30.3 Å². The maximum absolute atomic E-state index is 14.1. The van der Waals surface area contributed by atoms with Crippen molar-refractivity contribution in [2.45, 2.75) is 57.3 Å². The van der Waals surface area contributed by atoms with Crippen molar-refractivity contribution in [3.05, 3.63) is 117 Å². The van der Waals surface area contributed by atoms with Gasteiger partial charge in [0.25, 0.3) is 0 Å². The van der Waals surface area contributed by atoms with Gasteiger partial charge >= 0.3 is 5.97 Å². The zero-order valence-corrected chi connectivity index (χ0v) is 28.1. The van der Waals surface area contributed by atoms with E-state index in [4.69, 9.17) is 14.2 Å². The van der Waals surface area contributed by atoms with Crippen LogP contribution >= 0.6 is 11.3 Å². The fraction of sp³-hybridized carbons (Fsp3) is 0.333. The van der Waals surface area contributed by atoms with E-state index in [1.54, 1.807) is 37.3 Å². The summed E-state index contributed by atoms with van der Waals surface area (Å²) in [5, 5.41) is 0. The zero-order valence-electron chi connectivity index (χ0n) is 26.5. The van der Waals surface area contributed by atoms with Crippen molar-refractivity contribution in [2.24, 2.45) is 5.92 Å². The quantitative estimate of drug-likeness (QED) is 0.0940. The molecule has 46 heavy (non-hydrogen) atoms. The molecule has 1 aliphatic heterocycles. The number of hydrogen-bond acceptors (Lipinski definition) is 8. The Morgan fingerprint density at radius 2 is 1.76 bits per heavy atom. The van der Waals surface area contributed by atoms with Gasteiger partial charge in [0, 0.05) is 23.8 Å². The van der Waals surface area contributed by atoms with Crippen molar-refractivity contribution in [1.82, 2.24) is 4.31 Å². The first-order valence-electron chi connectivity index (χ1n) is 15.2. The van der Waals surface area contributed by atoms with Gasteiger partial charge in [-0.1, -0.05) is 67.6 Å². The van der Waals surface area contributed by atoms with E-state index in [2.05, 4.69) is 0 Å². The number of thiophene rings is 1. The van der Waals surface area contributed by atoms with Crippen molar-refractivity contribution in [3.63, 3.8) is 0 Å². The molecule has 0 spiro atoms. The second kappa shape index (κ2) is 14.7. The molecule has 0 saturated carbocycles. The lowest BCUT2D eigenvalue weighted by Crippen LogP contribution is -2.37. The number of carbonyl (C=O) groups is 2. The maximum atomic E-state index is 14.1. The van der Waals surface area contributed by atoms with Crippen LogP contribution in [0.3, 0.4) is 0 Å². The summed E-state index contributed by atoms with van der Waals surface area (Å²) in [7, 11) is -2.55. The molecule has 1 aromatic heterocycles. The number of Topliss-reactive ketones (excluding diaryl/α,β-unsaturated/α-hetero) is 1. The largest absolute Gasteiger partial charge is 0.488 e. The fourth-order valence-electron chi connectivity index (χ4n) is 5.70. The van der Waals surface area contributed by atoms with Gasteiger partial charge in [-0.2, -0.15) is 4.31 Å². The van der Waals surface area contributed by atoms with Crippen LogP contribution in [0.2, 0.25) is 0 Å². The Morgan fingerprint density at radius 1 is 1.02 bits per heavy atom. The first-order chi connectivity index (χ1) is 22.1. The predicted octanol–water partition coefficient (Wildman–Crippen LogP) is 6.76. The molecule has 2 heterocycles. The Hall–Kier alpha value is -3.83. The number of carbonyl (C=O) groups excluding carboxylic acids is 2. The van der Waals surface area contributed by atoms with Gasteiger partial charge in [0.2, 0.25) is 10.0 Å². The summed E-state index contributed by atoms with van der Waals surface area (Å²) in [6, 6.07) is 26.1. The molecular weight excluding hydrogens is 623 g/mol. The summed E-state index contributed by atoms with van der Waals surface area (Å²) in [6.07, 6.45) is 0.0721. The van der Waals surface area contributed by atoms with Crippen LogP contribution in [0.1, 0.15) is 63.0 Å². The van der Waals surface area contributed by atoms with E-state index in [0.717, 1.165) is 27.1 Å². The molecule has 4 aromatic rings. The highest BCUT2D eigenvalue weighted by atomic mass is 32.2. The number of aryl methyl sites for hydroxylation is 1. The second-order valence-corrected chi connectivity index (χ2v) is 14.6. The normalized spacial score (nSPS) is 17.3. The van der Waals surface area contributed by atoms with E-state index in [1.807, 2.05) is 61.5 Å². The van der Waals surface area contributed by atoms with Crippen LogP contribution in [0, 0.1) is 12.8 Å². The molecule has 242 valence electrons. The molecule has 0 fully saturated rings. The molecule has 3 unspecified atom stereocenters. The molecule has 0 radical (unpaired) electrons. The van der Waals surface area contributed by atoms with Crippen LogP contribution < -0.4 is 4.74 Å². The molecule has 3 aromatic carbocycles. The molecule has 0 amide bonds. The van der Waals surface area contributed by atoms with E-state index in [9.17, 15) is 18.0 Å². The summed E-state index contributed by atoms with van der Waals surface area (Å²) in [6.45, 7) is 6.39. The Morgan fingerprint density at radius 3 is 2.48 bits per heavy atom. The molecule has 0 N–H and O–H groups in total. The molecule has 0 aliphatic carbocycles. The number of rotatable bonds is 12. The van der Waals surface area contributed by atoms with Gasteiger partial charge in [0.15, 0.2) is 5.78 Å². The Kier molecular flexibility index (Phi) is 10.7. The number of para-hydroxylation sites is 1. The Labute approximate surface area is 275 Å². The average molecular weight is 662 g/mol. The van der Waals surface area contributed by atoms with E-state index >= 15 is 0 Å². The number of hydrogen-bond donors (Lipinski definition) is 0. The van der Waals surface area contributed by atoms with Crippen LogP contribution in [0.4, 0.5) is 0 Å². The lowest BCUT2D eigenvalue weighted by molar-refractivity contribution is -0.145. The SMILES string of the molecule is COC(=O)C(C)C(c1ccc(C)c(CN2CC(CCOCc3ccccc3)Oc3ccccc3S2(=O)=O)c1)c1ccc(C(C)=O)s1. The van der Waals surface area contributed by atoms with Gasteiger partial charge in [-0.05, 0) is 60.4 Å². The maximum Gasteiger partial charge on any atom is 0.309 e. The van der Waals surface area contributed by atoms with Crippen molar-refractivity contribution in [2.75, 3.05) is 20.3 Å². The molecular formula is C36H39NO7S2. The Bertz CT molecular complexity index is 1780. The molecule has 8 nitrogen and oxygen atoms in total. The highest BCUT2D eigenvalue weighted by Crippen LogP contribution is 2.39. The van der Waals surface area contributed by atoms with Gasteiger partial charge in [-0.15, -0.1) is 11.3 Å². The number of benzene rings is 3. The predicted molar refractivity (Wildman–Crippen MR) is 178 cm³/mol. The molecule has 0 bridgehead atoms. The van der Waals surface area contributed by atoms with Crippen LogP contribution in [0.15, 0.2) is 89.8 Å². The first-order valence-corrected chi connectivity index (χ1v) is 17.5. The molecule has 0 saturated heterocycles. The van der Waals surface area contributed by atoms with Crippen LogP contribution in [0.25, 0.3) is 0 Å². The van der Waals surface area contributed by atoms with Gasteiger partial charge in [-0.3, -0.25) is 9.59 Å². The summed E-state index contributed by atoms with van der Waals surface area (Å²) >= 11 is 1.36. The average Bonchev–Trinajstić information content (AvgIpc) is 3.51. The molecule has 1 aliphatic rings. The van der Waals surface area contributed by atoms with E-state index < -0.39 is 22.0 Å². The molecule has 3 atom stereocenters. The molecule has 10 heteroatoms. The second-order valence-electron chi connectivity index (χ2n) is 11.5. The third kappa shape index (κ3) is 7.58. The fourth-order valence-corrected chi connectivity index (χ4v) is 8.40. The highest BCUT2D eigenvalue weighted by molar-refractivity contribution is 7.89. The summed E-state index contributed by atoms with van der Waals surface area (Å²) in [5.74, 6) is -1.01. The minimum absolute atomic E-state index is 0.0424. The topological polar surface area (TPSA) is 99.2 Å². The summed E-state index contributed by atoms with van der Waals surface area (Å²) in [5.41, 5.74) is 3.63. The standard InChI is InChI=1S/C36H39NO7S2/c1-24-14-15-28(35(25(2)36(39)42-4)33-17-16-32(45-33)26(3)38)20-29(24)21-37-22-30(18-19-43-23-27-10-6-5-7-11-27)44-31-12-8-9-13-34(31)46(37,40)41/h5-17,20,25,30,35H,18-19,21-23H2,1-4H3. The van der Waals surface area contributed by atoms with Crippen molar-refractivity contribution < 1.29 is 32.2 Å². The van der Waals surface area contributed by atoms with Gasteiger partial charge in [0.1, 0.15) is 16.7 Å². The number of ether oxygens (including phenoxy) is 3. The van der Waals surface area contributed by atoms with Crippen LogP contribution in [-0.2, 0) is 37.4 Å². The number of nitrogens with zero attached hydrogens (tertiary/aromatic N) is 1. The smallest absolute Gasteiger partial charge is 0.309 e. The number of fused-ring (bicyclic) bond motifs is 1. The first kappa shape index (κ1) is 33.5. The van der Waals surface area contributed by atoms with Crippen LogP contribution in [-0.4, -0.2) is 50.8 Å². The zero-order chi connectivity index (χ0) is 32.8. The number of sulfonamides is 1. The van der Waals surface area contributed by atoms with E-state index in [1.165, 1.54) is 29.7 Å². The van der Waals surface area contributed by atoms with E-state index in [-0.39, 0.29) is 35.7 Å². The number of ketones is 1. The lowest BCUT2D eigenvalue weighted by Gasteiger charge is -2.26. The minimum Gasteiger partial charge on any atom is -0.488 e. The van der Waals surface area contributed by atoms with Crippen molar-refractivity contribution in [3.8, 4) is 5.75 Å².